The number of nitrogens with two attached hydrogens (primary N) is 1. The molecule has 0 saturated carbocycles. The minimum atomic E-state index is -0.292. The third-order valence-electron chi connectivity index (χ3n) is 4.89. The number of rotatable bonds is 7. The first-order valence-corrected chi connectivity index (χ1v) is 9.83. The second-order valence-electron chi connectivity index (χ2n) is 7.01. The van der Waals surface area contributed by atoms with Crippen molar-refractivity contribution in [2.75, 3.05) is 11.9 Å². The van der Waals surface area contributed by atoms with Gasteiger partial charge in [-0.1, -0.05) is 35.5 Å². The van der Waals surface area contributed by atoms with Crippen LogP contribution in [-0.2, 0) is 6.54 Å². The average Bonchev–Trinajstić information content (AvgIpc) is 3.19. The van der Waals surface area contributed by atoms with E-state index in [2.05, 4.69) is 39.7 Å². The smallest absolute Gasteiger partial charge is 0.127 e. The van der Waals surface area contributed by atoms with Crippen LogP contribution in [0.3, 0.4) is 0 Å². The van der Waals surface area contributed by atoms with Gasteiger partial charge < -0.3 is 11.1 Å². The van der Waals surface area contributed by atoms with Crippen molar-refractivity contribution >= 4 is 5.82 Å². The zero-order valence-electron chi connectivity index (χ0n) is 16.7. The molecular formula is C23H23FN6. The molecule has 0 amide bonds. The maximum absolute atomic E-state index is 13.4. The number of anilines is 1. The van der Waals surface area contributed by atoms with Gasteiger partial charge in [0.1, 0.15) is 17.3 Å². The first-order valence-electron chi connectivity index (χ1n) is 9.83. The lowest BCUT2D eigenvalue weighted by Gasteiger charge is -2.16. The fourth-order valence-electron chi connectivity index (χ4n) is 3.38. The molecular weight excluding hydrogens is 379 g/mol. The van der Waals surface area contributed by atoms with Gasteiger partial charge >= 0.3 is 0 Å². The Balaban J connectivity index is 1.70. The summed E-state index contributed by atoms with van der Waals surface area (Å²) in [5, 5.41) is 12.1. The number of hydrogen-bond donors (Lipinski definition) is 2. The van der Waals surface area contributed by atoms with Crippen molar-refractivity contribution in [3.05, 3.63) is 84.3 Å². The molecule has 0 aliphatic heterocycles. The van der Waals surface area contributed by atoms with Crippen molar-refractivity contribution in [3.8, 4) is 22.5 Å². The molecule has 152 valence electrons. The van der Waals surface area contributed by atoms with Crippen LogP contribution in [0.2, 0.25) is 0 Å². The largest absolute Gasteiger partial charge is 0.364 e. The Labute approximate surface area is 174 Å². The molecule has 6 nitrogen and oxygen atoms in total. The third kappa shape index (κ3) is 4.21. The molecule has 2 heterocycles. The minimum Gasteiger partial charge on any atom is -0.364 e. The highest BCUT2D eigenvalue weighted by molar-refractivity contribution is 5.79. The molecule has 2 aromatic carbocycles. The summed E-state index contributed by atoms with van der Waals surface area (Å²) in [4.78, 5) is 4.47. The number of benzene rings is 2. The van der Waals surface area contributed by atoms with E-state index in [1.165, 1.54) is 17.7 Å². The summed E-state index contributed by atoms with van der Waals surface area (Å²) < 4.78 is 15.2. The van der Waals surface area contributed by atoms with E-state index < -0.39 is 0 Å². The van der Waals surface area contributed by atoms with Crippen LogP contribution >= 0.6 is 0 Å². The van der Waals surface area contributed by atoms with E-state index in [1.54, 1.807) is 23.0 Å². The van der Waals surface area contributed by atoms with Gasteiger partial charge in [-0.15, -0.1) is 5.10 Å². The van der Waals surface area contributed by atoms with Gasteiger partial charge in [0.05, 0.1) is 12.2 Å². The van der Waals surface area contributed by atoms with E-state index in [9.17, 15) is 4.39 Å². The molecule has 0 radical (unpaired) electrons. The topological polar surface area (TPSA) is 81.7 Å². The van der Waals surface area contributed by atoms with E-state index in [0.717, 1.165) is 22.6 Å². The second-order valence-corrected chi connectivity index (χ2v) is 7.01. The highest BCUT2D eigenvalue weighted by Crippen LogP contribution is 2.31. The van der Waals surface area contributed by atoms with Crippen LogP contribution in [0.25, 0.3) is 22.5 Å². The Morgan fingerprint density at radius 2 is 1.80 bits per heavy atom. The van der Waals surface area contributed by atoms with Crippen LogP contribution in [0.5, 0.6) is 0 Å². The zero-order chi connectivity index (χ0) is 20.9. The normalized spacial score (nSPS) is 12.0. The first kappa shape index (κ1) is 19.7. The molecule has 7 heteroatoms. The van der Waals surface area contributed by atoms with Crippen molar-refractivity contribution in [2.45, 2.75) is 19.5 Å². The lowest BCUT2D eigenvalue weighted by molar-refractivity contribution is 0.604. The van der Waals surface area contributed by atoms with Crippen molar-refractivity contribution in [3.63, 3.8) is 0 Å². The molecule has 0 fully saturated rings. The summed E-state index contributed by atoms with van der Waals surface area (Å²) in [6.07, 6.45) is 1.75. The zero-order valence-corrected chi connectivity index (χ0v) is 16.7. The SMILES string of the molecule is CC(Nc1cc(-c2c(-c3ccc(F)cc3)nnn2CCN)ccn1)c1ccccc1. The summed E-state index contributed by atoms with van der Waals surface area (Å²) in [6, 6.07) is 20.4. The Kier molecular flexibility index (Phi) is 5.81. The Morgan fingerprint density at radius 3 is 2.53 bits per heavy atom. The maximum Gasteiger partial charge on any atom is 0.127 e. The Hall–Kier alpha value is -3.58. The molecule has 0 bridgehead atoms. The van der Waals surface area contributed by atoms with Crippen molar-refractivity contribution in [1.82, 2.24) is 20.0 Å². The summed E-state index contributed by atoms with van der Waals surface area (Å²) >= 11 is 0. The predicted octanol–water partition coefficient (Wildman–Crippen LogP) is 4.28. The molecule has 30 heavy (non-hydrogen) atoms. The van der Waals surface area contributed by atoms with Gasteiger partial charge in [0.15, 0.2) is 0 Å². The summed E-state index contributed by atoms with van der Waals surface area (Å²) in [5.41, 5.74) is 10.1. The predicted molar refractivity (Wildman–Crippen MR) is 116 cm³/mol. The molecule has 1 atom stereocenters. The Bertz CT molecular complexity index is 1110. The number of pyridine rings is 1. The standard InChI is InChI=1S/C23H23FN6/c1-16(17-5-3-2-4-6-17)27-21-15-19(11-13-26-21)23-22(28-29-30(23)14-12-25)18-7-9-20(24)10-8-18/h2-11,13,15-16H,12,14,25H2,1H3,(H,26,27). The molecule has 4 rings (SSSR count). The van der Waals surface area contributed by atoms with Gasteiger partial charge in [-0.3, -0.25) is 0 Å². The molecule has 4 aromatic rings. The number of hydrogen-bond acceptors (Lipinski definition) is 5. The monoisotopic (exact) mass is 402 g/mol. The molecule has 0 spiro atoms. The molecule has 0 aliphatic rings. The van der Waals surface area contributed by atoms with E-state index >= 15 is 0 Å². The molecule has 0 saturated heterocycles. The van der Waals surface area contributed by atoms with Crippen LogP contribution in [0.4, 0.5) is 10.2 Å². The summed E-state index contributed by atoms with van der Waals surface area (Å²) in [7, 11) is 0. The van der Waals surface area contributed by atoms with Gasteiger partial charge in [-0.05, 0) is 48.9 Å². The van der Waals surface area contributed by atoms with Crippen molar-refractivity contribution < 1.29 is 4.39 Å². The van der Waals surface area contributed by atoms with E-state index in [-0.39, 0.29) is 11.9 Å². The quantitative estimate of drug-likeness (QED) is 0.482. The van der Waals surface area contributed by atoms with Gasteiger partial charge in [0, 0.05) is 29.9 Å². The fourth-order valence-corrected chi connectivity index (χ4v) is 3.38. The minimum absolute atomic E-state index is 0.0950. The van der Waals surface area contributed by atoms with Gasteiger partial charge in [0.2, 0.25) is 0 Å². The molecule has 2 aromatic heterocycles. The lowest BCUT2D eigenvalue weighted by Crippen LogP contribution is -2.12. The van der Waals surface area contributed by atoms with E-state index in [4.69, 9.17) is 5.73 Å². The van der Waals surface area contributed by atoms with Crippen LogP contribution in [-0.4, -0.2) is 26.5 Å². The highest BCUT2D eigenvalue weighted by Gasteiger charge is 2.17. The van der Waals surface area contributed by atoms with Crippen molar-refractivity contribution in [1.29, 1.82) is 0 Å². The molecule has 0 aliphatic carbocycles. The average molecular weight is 402 g/mol. The first-order chi connectivity index (χ1) is 14.7. The fraction of sp³-hybridized carbons (Fsp3) is 0.174. The van der Waals surface area contributed by atoms with E-state index in [1.807, 2.05) is 30.3 Å². The number of nitrogens with one attached hydrogen (secondary N) is 1. The van der Waals surface area contributed by atoms with Crippen LogP contribution in [0, 0.1) is 5.82 Å². The number of aromatic nitrogens is 4. The lowest BCUT2D eigenvalue weighted by atomic mass is 10.0. The van der Waals surface area contributed by atoms with Crippen LogP contribution in [0.15, 0.2) is 72.9 Å². The number of nitrogens with zero attached hydrogens (tertiary/aromatic N) is 4. The Morgan fingerprint density at radius 1 is 1.03 bits per heavy atom. The van der Waals surface area contributed by atoms with E-state index in [0.29, 0.717) is 18.8 Å². The molecule has 1 unspecified atom stereocenters. The summed E-state index contributed by atoms with van der Waals surface area (Å²) in [5.74, 6) is 0.453. The van der Waals surface area contributed by atoms with Gasteiger partial charge in [0.25, 0.3) is 0 Å². The van der Waals surface area contributed by atoms with Gasteiger partial charge in [-0.25, -0.2) is 14.1 Å². The summed E-state index contributed by atoms with van der Waals surface area (Å²) in [6.45, 7) is 3.04. The second kappa shape index (κ2) is 8.84. The maximum atomic E-state index is 13.4. The van der Waals surface area contributed by atoms with Gasteiger partial charge in [-0.2, -0.15) is 0 Å². The number of halogens is 1. The van der Waals surface area contributed by atoms with Crippen LogP contribution in [0.1, 0.15) is 18.5 Å². The molecule has 3 N–H and O–H groups in total. The highest BCUT2D eigenvalue weighted by atomic mass is 19.1. The van der Waals surface area contributed by atoms with Crippen LogP contribution < -0.4 is 11.1 Å². The third-order valence-corrected chi connectivity index (χ3v) is 4.89. The van der Waals surface area contributed by atoms with Crippen molar-refractivity contribution in [2.24, 2.45) is 5.73 Å².